The molecule has 2 rings (SSSR count). The second kappa shape index (κ2) is 4.65. The number of hydrogen-bond acceptors (Lipinski definition) is 3. The summed E-state index contributed by atoms with van der Waals surface area (Å²) in [5.74, 6) is 0. The molecule has 5 heteroatoms. The molecule has 4 nitrogen and oxygen atoms in total. The summed E-state index contributed by atoms with van der Waals surface area (Å²) in [6.07, 6.45) is 3.09. The molecule has 2 N–H and O–H groups in total. The summed E-state index contributed by atoms with van der Waals surface area (Å²) in [4.78, 5) is 15.7. The summed E-state index contributed by atoms with van der Waals surface area (Å²) in [6.45, 7) is 0.494. The second-order valence-electron chi connectivity index (χ2n) is 3.42. The summed E-state index contributed by atoms with van der Waals surface area (Å²) in [5, 5.41) is 0. The van der Waals surface area contributed by atoms with Crippen molar-refractivity contribution in [3.63, 3.8) is 0 Å². The number of aromatic nitrogens is 2. The first-order chi connectivity index (χ1) is 7.66. The third-order valence-electron chi connectivity index (χ3n) is 2.16. The van der Waals surface area contributed by atoms with Crippen molar-refractivity contribution in [2.75, 3.05) is 5.73 Å². The maximum atomic E-state index is 11.7. The fourth-order valence-electron chi connectivity index (χ4n) is 1.42. The van der Waals surface area contributed by atoms with Crippen LogP contribution in [-0.2, 0) is 6.54 Å². The highest BCUT2D eigenvalue weighted by Crippen LogP contribution is 2.07. The lowest BCUT2D eigenvalue weighted by Gasteiger charge is -2.05. The van der Waals surface area contributed by atoms with E-state index in [9.17, 15) is 4.79 Å². The smallest absolute Gasteiger partial charge is 0.267 e. The first-order valence-corrected chi connectivity index (χ1v) is 5.79. The molecule has 0 aliphatic carbocycles. The van der Waals surface area contributed by atoms with Crippen LogP contribution in [0.4, 0.5) is 5.69 Å². The van der Waals surface area contributed by atoms with Gasteiger partial charge in [0.1, 0.15) is 0 Å². The highest BCUT2D eigenvalue weighted by Gasteiger charge is 2.01. The Morgan fingerprint density at radius 3 is 3.00 bits per heavy atom. The Hall–Kier alpha value is -1.37. The van der Waals surface area contributed by atoms with Gasteiger partial charge >= 0.3 is 0 Å². The van der Waals surface area contributed by atoms with Gasteiger partial charge in [0.15, 0.2) is 0 Å². The van der Waals surface area contributed by atoms with Crippen molar-refractivity contribution in [2.24, 2.45) is 0 Å². The molecular weight excluding hydrogens is 317 g/mol. The van der Waals surface area contributed by atoms with E-state index in [0.29, 0.717) is 15.8 Å². The molecular formula is C11H10IN3O. The van der Waals surface area contributed by atoms with Gasteiger partial charge in [-0.25, -0.2) is 4.98 Å². The van der Waals surface area contributed by atoms with Gasteiger partial charge < -0.3 is 5.73 Å². The molecule has 2 aromatic rings. The van der Waals surface area contributed by atoms with Crippen molar-refractivity contribution in [1.82, 2.24) is 9.55 Å². The monoisotopic (exact) mass is 327 g/mol. The third kappa shape index (κ3) is 2.41. The number of benzene rings is 1. The lowest BCUT2D eigenvalue weighted by Crippen LogP contribution is -2.22. The van der Waals surface area contributed by atoms with Crippen LogP contribution in [-0.4, -0.2) is 9.55 Å². The predicted molar refractivity (Wildman–Crippen MR) is 71.2 cm³/mol. The van der Waals surface area contributed by atoms with E-state index in [1.807, 2.05) is 46.9 Å². The largest absolute Gasteiger partial charge is 0.399 e. The number of nitrogens with zero attached hydrogens (tertiary/aromatic N) is 2. The summed E-state index contributed by atoms with van der Waals surface area (Å²) in [5.41, 5.74) is 7.34. The number of anilines is 1. The number of nitrogens with two attached hydrogens (primary N) is 1. The maximum absolute atomic E-state index is 11.7. The number of hydrogen-bond donors (Lipinski definition) is 1. The summed E-state index contributed by atoms with van der Waals surface area (Å²) in [7, 11) is 0. The van der Waals surface area contributed by atoms with Crippen LogP contribution in [0, 0.1) is 3.57 Å². The Morgan fingerprint density at radius 1 is 1.44 bits per heavy atom. The molecule has 0 spiro atoms. The molecule has 0 aliphatic heterocycles. The van der Waals surface area contributed by atoms with E-state index in [1.165, 1.54) is 6.33 Å². The second-order valence-corrected chi connectivity index (χ2v) is 4.58. The molecule has 1 aromatic carbocycles. The van der Waals surface area contributed by atoms with Crippen LogP contribution in [0.15, 0.2) is 41.6 Å². The van der Waals surface area contributed by atoms with Gasteiger partial charge in [0.25, 0.3) is 5.56 Å². The molecule has 1 aromatic heterocycles. The molecule has 0 aliphatic rings. The van der Waals surface area contributed by atoms with E-state index < -0.39 is 0 Å². The topological polar surface area (TPSA) is 60.9 Å². The quantitative estimate of drug-likeness (QED) is 0.671. The molecule has 0 bridgehead atoms. The SMILES string of the molecule is Nc1cccc(Cn2cncc(I)c2=O)c1. The van der Waals surface area contributed by atoms with E-state index in [-0.39, 0.29) is 5.56 Å². The maximum Gasteiger partial charge on any atom is 0.267 e. The van der Waals surface area contributed by atoms with Gasteiger partial charge in [-0.1, -0.05) is 12.1 Å². The number of halogens is 1. The van der Waals surface area contributed by atoms with Crippen LogP contribution in [0.25, 0.3) is 0 Å². The molecule has 82 valence electrons. The van der Waals surface area contributed by atoms with Crippen LogP contribution in [0.3, 0.4) is 0 Å². The van der Waals surface area contributed by atoms with Gasteiger partial charge in [-0.3, -0.25) is 9.36 Å². The van der Waals surface area contributed by atoms with Crippen LogP contribution >= 0.6 is 22.6 Å². The van der Waals surface area contributed by atoms with Crippen molar-refractivity contribution in [2.45, 2.75) is 6.54 Å². The van der Waals surface area contributed by atoms with Gasteiger partial charge in [0, 0.05) is 11.9 Å². The Balaban J connectivity index is 2.34. The molecule has 0 unspecified atom stereocenters. The van der Waals surface area contributed by atoms with Crippen molar-refractivity contribution in [1.29, 1.82) is 0 Å². The van der Waals surface area contributed by atoms with Gasteiger partial charge in [0.05, 0.1) is 16.4 Å². The Bertz CT molecular complexity index is 565. The van der Waals surface area contributed by atoms with E-state index in [0.717, 1.165) is 5.56 Å². The lowest BCUT2D eigenvalue weighted by molar-refractivity contribution is 0.730. The minimum absolute atomic E-state index is 0.0296. The van der Waals surface area contributed by atoms with Crippen LogP contribution in [0.2, 0.25) is 0 Å². The first kappa shape index (κ1) is 11.1. The molecule has 0 fully saturated rings. The first-order valence-electron chi connectivity index (χ1n) is 4.71. The van der Waals surface area contributed by atoms with Gasteiger partial charge in [-0.05, 0) is 40.3 Å². The highest BCUT2D eigenvalue weighted by molar-refractivity contribution is 14.1. The summed E-state index contributed by atoms with van der Waals surface area (Å²) >= 11 is 1.98. The minimum atomic E-state index is -0.0296. The Kier molecular flexibility index (Phi) is 3.23. The molecule has 0 atom stereocenters. The summed E-state index contributed by atoms with van der Waals surface area (Å²) < 4.78 is 2.18. The molecule has 16 heavy (non-hydrogen) atoms. The zero-order valence-electron chi connectivity index (χ0n) is 8.43. The number of rotatable bonds is 2. The average Bonchev–Trinajstić information content (AvgIpc) is 2.25. The fourth-order valence-corrected chi connectivity index (χ4v) is 1.90. The predicted octanol–water partition coefficient (Wildman–Crippen LogP) is 1.48. The van der Waals surface area contributed by atoms with Crippen molar-refractivity contribution in [3.8, 4) is 0 Å². The Labute approximate surface area is 106 Å². The van der Waals surface area contributed by atoms with Crippen molar-refractivity contribution >= 4 is 28.3 Å². The molecule has 0 saturated carbocycles. The number of nitrogen functional groups attached to an aromatic ring is 1. The molecule has 0 amide bonds. The van der Waals surface area contributed by atoms with Crippen LogP contribution in [0.1, 0.15) is 5.56 Å². The summed E-state index contributed by atoms with van der Waals surface area (Å²) in [6, 6.07) is 7.48. The minimum Gasteiger partial charge on any atom is -0.399 e. The van der Waals surface area contributed by atoms with Crippen LogP contribution < -0.4 is 11.3 Å². The van der Waals surface area contributed by atoms with Crippen LogP contribution in [0.5, 0.6) is 0 Å². The highest BCUT2D eigenvalue weighted by atomic mass is 127. The van der Waals surface area contributed by atoms with E-state index in [4.69, 9.17) is 5.73 Å². The lowest BCUT2D eigenvalue weighted by atomic mass is 10.2. The molecule has 0 radical (unpaired) electrons. The van der Waals surface area contributed by atoms with Gasteiger partial charge in [-0.15, -0.1) is 0 Å². The standard InChI is InChI=1S/C11H10IN3O/c12-10-5-14-7-15(11(10)16)6-8-2-1-3-9(13)4-8/h1-5,7H,6,13H2. The van der Waals surface area contributed by atoms with Gasteiger partial charge in [-0.2, -0.15) is 0 Å². The Morgan fingerprint density at radius 2 is 2.25 bits per heavy atom. The van der Waals surface area contributed by atoms with E-state index >= 15 is 0 Å². The van der Waals surface area contributed by atoms with Crippen molar-refractivity contribution < 1.29 is 0 Å². The third-order valence-corrected chi connectivity index (χ3v) is 2.90. The normalized spacial score (nSPS) is 10.3. The average molecular weight is 327 g/mol. The molecule has 1 heterocycles. The zero-order chi connectivity index (χ0) is 11.5. The fraction of sp³-hybridized carbons (Fsp3) is 0.0909. The van der Waals surface area contributed by atoms with Crippen molar-refractivity contribution in [3.05, 3.63) is 56.3 Å². The van der Waals surface area contributed by atoms with E-state index in [2.05, 4.69) is 4.98 Å². The van der Waals surface area contributed by atoms with E-state index in [1.54, 1.807) is 10.8 Å². The zero-order valence-corrected chi connectivity index (χ0v) is 10.6. The van der Waals surface area contributed by atoms with Gasteiger partial charge in [0.2, 0.25) is 0 Å². The molecule has 0 saturated heterocycles.